The Morgan fingerprint density at radius 2 is 0.984 bits per heavy atom. The monoisotopic (exact) mass is 813 g/mol. The summed E-state index contributed by atoms with van der Waals surface area (Å²) in [5.74, 6) is 0. The maximum absolute atomic E-state index is 2.56. The molecule has 0 N–H and O–H groups in total. The molecule has 1 spiro atoms. The molecule has 9 aromatic carbocycles. The molecule has 3 aliphatic rings. The highest BCUT2D eigenvalue weighted by Gasteiger charge is 2.50. The Bertz CT molecular complexity index is 3400. The van der Waals surface area contributed by atoms with Crippen LogP contribution in [0.4, 0.5) is 17.1 Å². The van der Waals surface area contributed by atoms with Gasteiger partial charge in [0.2, 0.25) is 0 Å². The molecule has 0 amide bonds. The molecule has 0 atom stereocenters. The van der Waals surface area contributed by atoms with Crippen molar-refractivity contribution >= 4 is 60.3 Å². The predicted molar refractivity (Wildman–Crippen MR) is 258 cm³/mol. The summed E-state index contributed by atoms with van der Waals surface area (Å²) in [4.78, 5) is 5.20. The van der Waals surface area contributed by atoms with Crippen molar-refractivity contribution in [1.29, 1.82) is 0 Å². The number of benzene rings is 9. The van der Waals surface area contributed by atoms with Gasteiger partial charge in [0.15, 0.2) is 0 Å². The summed E-state index contributed by atoms with van der Waals surface area (Å²) < 4.78 is 2.60. The van der Waals surface area contributed by atoms with E-state index in [4.69, 9.17) is 0 Å². The summed E-state index contributed by atoms with van der Waals surface area (Å²) in [6.45, 7) is 4.76. The Kier molecular flexibility index (Phi) is 7.45. The molecular weight excluding hydrogens is 775 g/mol. The first kappa shape index (κ1) is 35.1. The molecule has 2 heterocycles. The van der Waals surface area contributed by atoms with Crippen molar-refractivity contribution in [2.75, 3.05) is 4.90 Å². The number of anilines is 3. The summed E-state index contributed by atoms with van der Waals surface area (Å²) >= 11 is 3.82. The number of para-hydroxylation sites is 1. The molecule has 2 aliphatic carbocycles. The normalized spacial score (nSPS) is 14.6. The van der Waals surface area contributed by atoms with E-state index in [1.165, 1.54) is 102 Å². The quantitative estimate of drug-likeness (QED) is 0.174. The van der Waals surface area contributed by atoms with Gasteiger partial charge in [-0.1, -0.05) is 171 Å². The Labute approximate surface area is 364 Å². The number of thiophene rings is 1. The molecular formula is C58H39NS2. The van der Waals surface area contributed by atoms with Gasteiger partial charge in [-0.3, -0.25) is 0 Å². The molecule has 61 heavy (non-hydrogen) atoms. The van der Waals surface area contributed by atoms with Crippen molar-refractivity contribution in [3.05, 3.63) is 234 Å². The van der Waals surface area contributed by atoms with Crippen LogP contribution in [-0.4, -0.2) is 0 Å². The van der Waals surface area contributed by atoms with E-state index in [0.29, 0.717) is 0 Å². The number of rotatable bonds is 4. The van der Waals surface area contributed by atoms with Crippen LogP contribution >= 0.6 is 23.1 Å². The zero-order valence-corrected chi connectivity index (χ0v) is 35.4. The van der Waals surface area contributed by atoms with Gasteiger partial charge in [0.1, 0.15) is 0 Å². The molecule has 288 valence electrons. The van der Waals surface area contributed by atoms with E-state index in [1.807, 2.05) is 23.1 Å². The van der Waals surface area contributed by atoms with Gasteiger partial charge >= 0.3 is 0 Å². The zero-order chi connectivity index (χ0) is 40.5. The lowest BCUT2D eigenvalue weighted by molar-refractivity contribution is 0.660. The first-order valence-corrected chi connectivity index (χ1v) is 22.8. The van der Waals surface area contributed by atoms with Crippen LogP contribution in [0.5, 0.6) is 0 Å². The fourth-order valence-electron chi connectivity index (χ4n) is 11.1. The van der Waals surface area contributed by atoms with Crippen LogP contribution in [0.15, 0.2) is 210 Å². The van der Waals surface area contributed by atoms with E-state index in [-0.39, 0.29) is 5.41 Å². The SMILES string of the molecule is CC1(C)c2ccccc2-c2ccc(N(c3ccccc3-c3ccccc3)c3cccc4sc5cc6c(cc5c34)-c3ccccc3C63c4ccccc4Sc4ccccc43)cc21. The van der Waals surface area contributed by atoms with Crippen LogP contribution in [-0.2, 0) is 10.8 Å². The standard InChI is InChI=1S/C58H39NS2/c1-57(2)44-22-9-6-20-39(44)41-32-31-37(33-48(41)57)59(50-26-13-8-19-38(50)36-17-4-3-5-18-36)51-27-16-30-54-56(51)43-34-42-40-21-7-10-23-45(40)58(49(42)35-55(43)61-54)46-24-11-14-28-52(46)60-53-29-15-12-25-47(53)58/h3-35H,1-2H3. The molecule has 13 rings (SSSR count). The van der Waals surface area contributed by atoms with E-state index in [2.05, 4.69) is 219 Å². The van der Waals surface area contributed by atoms with Crippen LogP contribution in [0.1, 0.15) is 47.2 Å². The van der Waals surface area contributed by atoms with Gasteiger partial charge in [-0.2, -0.15) is 0 Å². The summed E-state index contributed by atoms with van der Waals surface area (Å²) in [5, 5.41) is 2.58. The van der Waals surface area contributed by atoms with Gasteiger partial charge in [-0.15, -0.1) is 11.3 Å². The fourth-order valence-corrected chi connectivity index (χ4v) is 13.4. The Morgan fingerprint density at radius 3 is 1.74 bits per heavy atom. The Balaban J connectivity index is 1.10. The lowest BCUT2D eigenvalue weighted by Crippen LogP contribution is -2.31. The van der Waals surface area contributed by atoms with Crippen LogP contribution in [0.3, 0.4) is 0 Å². The van der Waals surface area contributed by atoms with Gasteiger partial charge in [0.25, 0.3) is 0 Å². The van der Waals surface area contributed by atoms with Crippen molar-refractivity contribution < 1.29 is 0 Å². The number of nitrogens with zero attached hydrogens (tertiary/aromatic N) is 1. The van der Waals surface area contributed by atoms with Gasteiger partial charge in [-0.25, -0.2) is 0 Å². The highest BCUT2D eigenvalue weighted by molar-refractivity contribution is 7.99. The average Bonchev–Trinajstić information content (AvgIpc) is 3.90. The number of fused-ring (bicyclic) bond motifs is 15. The third-order valence-electron chi connectivity index (χ3n) is 13.7. The highest BCUT2D eigenvalue weighted by atomic mass is 32.2. The molecule has 0 saturated heterocycles. The van der Waals surface area contributed by atoms with Gasteiger partial charge in [0, 0.05) is 46.6 Å². The first-order valence-electron chi connectivity index (χ1n) is 21.2. The molecule has 10 aromatic rings. The van der Waals surface area contributed by atoms with Crippen LogP contribution in [0.25, 0.3) is 53.6 Å². The second kappa shape index (κ2) is 12.9. The van der Waals surface area contributed by atoms with Crippen molar-refractivity contribution in [3.63, 3.8) is 0 Å². The van der Waals surface area contributed by atoms with E-state index in [0.717, 1.165) is 11.4 Å². The van der Waals surface area contributed by atoms with Crippen molar-refractivity contribution in [3.8, 4) is 33.4 Å². The van der Waals surface area contributed by atoms with Crippen LogP contribution in [0.2, 0.25) is 0 Å². The second-order valence-corrected chi connectivity index (χ2v) is 19.3. The van der Waals surface area contributed by atoms with Gasteiger partial charge < -0.3 is 4.90 Å². The maximum atomic E-state index is 2.56. The highest BCUT2D eigenvalue weighted by Crippen LogP contribution is 2.63. The van der Waals surface area contributed by atoms with E-state index < -0.39 is 5.41 Å². The molecule has 0 saturated carbocycles. The molecule has 0 fully saturated rings. The minimum atomic E-state index is -0.410. The van der Waals surface area contributed by atoms with E-state index in [9.17, 15) is 0 Å². The fraction of sp³-hybridized carbons (Fsp3) is 0.0690. The average molecular weight is 814 g/mol. The minimum Gasteiger partial charge on any atom is -0.309 e. The summed E-state index contributed by atoms with van der Waals surface area (Å²) in [6, 6.07) is 75.3. The second-order valence-electron chi connectivity index (χ2n) is 17.2. The molecule has 1 aromatic heterocycles. The topological polar surface area (TPSA) is 3.24 Å². The van der Waals surface area contributed by atoms with E-state index in [1.54, 1.807) is 0 Å². The van der Waals surface area contributed by atoms with Gasteiger partial charge in [-0.05, 0) is 116 Å². The summed E-state index contributed by atoms with van der Waals surface area (Å²) in [5.41, 5.74) is 18.9. The third kappa shape index (κ3) is 4.79. The number of hydrogen-bond donors (Lipinski definition) is 0. The molecule has 0 bridgehead atoms. The van der Waals surface area contributed by atoms with Crippen molar-refractivity contribution in [2.45, 2.75) is 34.5 Å². The van der Waals surface area contributed by atoms with Crippen molar-refractivity contribution in [2.24, 2.45) is 0 Å². The third-order valence-corrected chi connectivity index (χ3v) is 16.0. The molecule has 0 radical (unpaired) electrons. The molecule has 3 heteroatoms. The minimum absolute atomic E-state index is 0.133. The molecule has 1 nitrogen and oxygen atoms in total. The largest absolute Gasteiger partial charge is 0.309 e. The zero-order valence-electron chi connectivity index (χ0n) is 33.8. The molecule has 1 aliphatic heterocycles. The van der Waals surface area contributed by atoms with Crippen LogP contribution < -0.4 is 4.90 Å². The maximum Gasteiger partial charge on any atom is 0.0735 e. The number of hydrogen-bond acceptors (Lipinski definition) is 3. The smallest absolute Gasteiger partial charge is 0.0735 e. The first-order chi connectivity index (χ1) is 30.0. The summed E-state index contributed by atoms with van der Waals surface area (Å²) in [6.07, 6.45) is 0. The Hall–Kier alpha value is -6.65. The predicted octanol–water partition coefficient (Wildman–Crippen LogP) is 16.3. The lowest BCUT2D eigenvalue weighted by Gasteiger charge is -2.39. The van der Waals surface area contributed by atoms with Crippen molar-refractivity contribution in [1.82, 2.24) is 0 Å². The molecule has 0 unspecified atom stereocenters. The lowest BCUT2D eigenvalue weighted by atomic mass is 9.67. The van der Waals surface area contributed by atoms with E-state index >= 15 is 0 Å². The Morgan fingerprint density at radius 1 is 0.393 bits per heavy atom. The van der Waals surface area contributed by atoms with Gasteiger partial charge in [0.05, 0.1) is 16.8 Å². The van der Waals surface area contributed by atoms with Crippen LogP contribution in [0, 0.1) is 0 Å². The summed E-state index contributed by atoms with van der Waals surface area (Å²) in [7, 11) is 0.